The van der Waals surface area contributed by atoms with Crippen LogP contribution in [0, 0.1) is 6.92 Å². The van der Waals surface area contributed by atoms with Crippen LogP contribution in [-0.2, 0) is 35.6 Å². The van der Waals surface area contributed by atoms with Gasteiger partial charge in [0.05, 0.1) is 11.4 Å². The van der Waals surface area contributed by atoms with Crippen LogP contribution in [0.25, 0.3) is 0 Å². The minimum absolute atomic E-state index is 0.0207. The van der Waals surface area contributed by atoms with E-state index in [1.54, 1.807) is 24.3 Å². The molecule has 0 aromatic heterocycles. The number of benzene rings is 2. The Balaban J connectivity index is 1.63. The first-order valence-electron chi connectivity index (χ1n) is 12.2. The second-order valence-corrected chi connectivity index (χ2v) is 11.0. The Hall–Kier alpha value is -3.97. The van der Waals surface area contributed by atoms with E-state index < -0.39 is 40.1 Å². The van der Waals surface area contributed by atoms with Crippen LogP contribution in [0.15, 0.2) is 53.4 Å². The SMILES string of the molecule is Cc1ccc(S(=O)(=O)N2CCC[C@H]2C(=O)N[C@@H](Cc2ccc(OC(=O)N(C)CCOC=O)cc2)C(=O)O)cc1. The van der Waals surface area contributed by atoms with E-state index in [1.807, 2.05) is 6.92 Å². The van der Waals surface area contributed by atoms with Crippen molar-refractivity contribution in [2.45, 2.75) is 43.2 Å². The summed E-state index contributed by atoms with van der Waals surface area (Å²) in [6.07, 6.45) is 0.00407. The van der Waals surface area contributed by atoms with Gasteiger partial charge in [-0.15, -0.1) is 0 Å². The average molecular weight is 562 g/mol. The van der Waals surface area contributed by atoms with Gasteiger partial charge in [0.25, 0.3) is 6.47 Å². The smallest absolute Gasteiger partial charge is 0.415 e. The van der Waals surface area contributed by atoms with Gasteiger partial charge in [0.15, 0.2) is 0 Å². The van der Waals surface area contributed by atoms with E-state index in [-0.39, 0.29) is 49.7 Å². The van der Waals surface area contributed by atoms with Crippen LogP contribution in [0.2, 0.25) is 0 Å². The predicted octanol–water partition coefficient (Wildman–Crippen LogP) is 1.56. The van der Waals surface area contributed by atoms with Crippen molar-refractivity contribution in [2.24, 2.45) is 0 Å². The van der Waals surface area contributed by atoms with E-state index in [0.29, 0.717) is 12.0 Å². The number of rotatable bonds is 12. The number of amides is 2. The molecular formula is C26H31N3O9S. The third-order valence-corrected chi connectivity index (χ3v) is 8.16. The summed E-state index contributed by atoms with van der Waals surface area (Å²) in [6, 6.07) is 10.1. The van der Waals surface area contributed by atoms with Gasteiger partial charge in [-0.25, -0.2) is 18.0 Å². The third kappa shape index (κ3) is 7.77. The number of carbonyl (C=O) groups is 4. The summed E-state index contributed by atoms with van der Waals surface area (Å²) in [5.74, 6) is -1.74. The van der Waals surface area contributed by atoms with Gasteiger partial charge in [-0.05, 0) is 49.6 Å². The van der Waals surface area contributed by atoms with E-state index in [1.165, 1.54) is 36.2 Å². The lowest BCUT2D eigenvalue weighted by Gasteiger charge is -2.25. The van der Waals surface area contributed by atoms with Crippen LogP contribution in [0.5, 0.6) is 5.75 Å². The Labute approximate surface area is 226 Å². The largest absolute Gasteiger partial charge is 0.480 e. The number of likely N-dealkylation sites (N-methyl/N-ethyl adjacent to an activating group) is 1. The Morgan fingerprint density at radius 3 is 2.44 bits per heavy atom. The number of hydrogen-bond acceptors (Lipinski definition) is 8. The lowest BCUT2D eigenvalue weighted by molar-refractivity contribution is -0.142. The van der Waals surface area contributed by atoms with E-state index in [9.17, 15) is 32.7 Å². The van der Waals surface area contributed by atoms with Crippen molar-refractivity contribution in [3.63, 3.8) is 0 Å². The van der Waals surface area contributed by atoms with E-state index in [4.69, 9.17) is 4.74 Å². The van der Waals surface area contributed by atoms with Gasteiger partial charge in [0, 0.05) is 20.0 Å². The fourth-order valence-corrected chi connectivity index (χ4v) is 5.70. The number of aliphatic carboxylic acids is 1. The van der Waals surface area contributed by atoms with Crippen molar-refractivity contribution < 1.29 is 42.2 Å². The molecule has 0 radical (unpaired) electrons. The quantitative estimate of drug-likeness (QED) is 0.290. The zero-order valence-electron chi connectivity index (χ0n) is 21.6. The van der Waals surface area contributed by atoms with E-state index in [2.05, 4.69) is 10.1 Å². The molecule has 210 valence electrons. The molecule has 39 heavy (non-hydrogen) atoms. The number of nitrogens with zero attached hydrogens (tertiary/aromatic N) is 2. The van der Waals surface area contributed by atoms with Gasteiger partial charge in [-0.3, -0.25) is 9.59 Å². The molecule has 0 unspecified atom stereocenters. The summed E-state index contributed by atoms with van der Waals surface area (Å²) in [5, 5.41) is 12.2. The molecule has 2 amide bonds. The molecule has 1 aliphatic rings. The van der Waals surface area contributed by atoms with Gasteiger partial charge >= 0.3 is 12.1 Å². The Kier molecular flexibility index (Phi) is 10.0. The average Bonchev–Trinajstić information content (AvgIpc) is 3.41. The Bertz CT molecular complexity index is 1280. The number of ether oxygens (including phenoxy) is 2. The van der Waals surface area contributed by atoms with Crippen molar-refractivity contribution >= 4 is 34.5 Å². The fraction of sp³-hybridized carbons (Fsp3) is 0.385. The molecule has 1 heterocycles. The first-order valence-corrected chi connectivity index (χ1v) is 13.7. The monoisotopic (exact) mass is 561 g/mol. The molecule has 13 heteroatoms. The predicted molar refractivity (Wildman–Crippen MR) is 138 cm³/mol. The minimum Gasteiger partial charge on any atom is -0.480 e. The molecule has 2 atom stereocenters. The molecule has 12 nitrogen and oxygen atoms in total. The summed E-state index contributed by atoms with van der Waals surface area (Å²) < 4.78 is 37.2. The summed E-state index contributed by atoms with van der Waals surface area (Å²) in [7, 11) is -2.46. The number of aryl methyl sites for hydroxylation is 1. The molecule has 0 bridgehead atoms. The lowest BCUT2D eigenvalue weighted by atomic mass is 10.1. The van der Waals surface area contributed by atoms with Crippen LogP contribution in [-0.4, -0.2) is 86.0 Å². The molecule has 0 aliphatic carbocycles. The van der Waals surface area contributed by atoms with Crippen LogP contribution in [0.4, 0.5) is 4.79 Å². The van der Waals surface area contributed by atoms with Crippen molar-refractivity contribution in [1.82, 2.24) is 14.5 Å². The molecule has 0 saturated carbocycles. The Morgan fingerprint density at radius 2 is 1.82 bits per heavy atom. The zero-order chi connectivity index (χ0) is 28.6. The van der Waals surface area contributed by atoms with Gasteiger partial charge in [-0.2, -0.15) is 4.31 Å². The lowest BCUT2D eigenvalue weighted by Crippen LogP contribution is -2.51. The number of hydrogen-bond donors (Lipinski definition) is 2. The highest BCUT2D eigenvalue weighted by Crippen LogP contribution is 2.26. The molecule has 1 fully saturated rings. The van der Waals surface area contributed by atoms with E-state index >= 15 is 0 Å². The number of carboxylic acid groups (broad SMARTS) is 1. The van der Waals surface area contributed by atoms with Crippen LogP contribution in [0.1, 0.15) is 24.0 Å². The molecule has 2 aromatic carbocycles. The summed E-state index contributed by atoms with van der Waals surface area (Å²) in [5.41, 5.74) is 1.44. The highest BCUT2D eigenvalue weighted by Gasteiger charge is 2.40. The van der Waals surface area contributed by atoms with E-state index in [0.717, 1.165) is 9.87 Å². The maximum Gasteiger partial charge on any atom is 0.415 e. The molecule has 1 aliphatic heterocycles. The van der Waals surface area contributed by atoms with Gasteiger partial charge in [0.1, 0.15) is 24.4 Å². The maximum absolute atomic E-state index is 13.2. The molecule has 2 N–H and O–H groups in total. The highest BCUT2D eigenvalue weighted by atomic mass is 32.2. The highest BCUT2D eigenvalue weighted by molar-refractivity contribution is 7.89. The van der Waals surface area contributed by atoms with Crippen molar-refractivity contribution in [2.75, 3.05) is 26.7 Å². The summed E-state index contributed by atoms with van der Waals surface area (Å²) in [4.78, 5) is 48.6. The number of carbonyl (C=O) groups excluding carboxylic acids is 3. The van der Waals surface area contributed by atoms with Gasteiger partial charge < -0.3 is 24.8 Å². The number of nitrogens with one attached hydrogen (secondary N) is 1. The van der Waals surface area contributed by atoms with Crippen LogP contribution >= 0.6 is 0 Å². The third-order valence-electron chi connectivity index (χ3n) is 6.24. The number of carboxylic acids is 1. The van der Waals surface area contributed by atoms with Crippen molar-refractivity contribution in [1.29, 1.82) is 0 Å². The van der Waals surface area contributed by atoms with Crippen molar-refractivity contribution in [3.8, 4) is 5.75 Å². The molecule has 3 rings (SSSR count). The van der Waals surface area contributed by atoms with Crippen LogP contribution < -0.4 is 10.1 Å². The van der Waals surface area contributed by atoms with Gasteiger partial charge in [0.2, 0.25) is 15.9 Å². The minimum atomic E-state index is -3.93. The molecule has 0 spiro atoms. The molecular weight excluding hydrogens is 530 g/mol. The summed E-state index contributed by atoms with van der Waals surface area (Å²) >= 11 is 0. The second kappa shape index (κ2) is 13.2. The first-order chi connectivity index (χ1) is 18.5. The molecule has 2 aromatic rings. The Morgan fingerprint density at radius 1 is 1.15 bits per heavy atom. The normalized spacial score (nSPS) is 16.2. The van der Waals surface area contributed by atoms with Gasteiger partial charge in [-0.1, -0.05) is 29.8 Å². The summed E-state index contributed by atoms with van der Waals surface area (Å²) in [6.45, 7) is 2.43. The number of sulfonamides is 1. The second-order valence-electron chi connectivity index (χ2n) is 9.09. The standard InChI is InChI=1S/C26H31N3O9S/c1-18-5-11-21(12-6-18)39(35,36)29-13-3-4-23(29)24(31)27-22(25(32)33)16-19-7-9-20(10-8-19)38-26(34)28(2)14-15-37-17-30/h5-12,17,22-23H,3-4,13-16H2,1-2H3,(H,27,31)(H,32,33)/t22-,23-/m0/s1. The zero-order valence-corrected chi connectivity index (χ0v) is 22.4. The molecule has 1 saturated heterocycles. The van der Waals surface area contributed by atoms with Crippen LogP contribution in [0.3, 0.4) is 0 Å². The fourth-order valence-electron chi connectivity index (χ4n) is 4.04. The maximum atomic E-state index is 13.2. The van der Waals surface area contributed by atoms with Crippen molar-refractivity contribution in [3.05, 3.63) is 59.7 Å². The first kappa shape index (κ1) is 29.6. The topological polar surface area (TPSA) is 160 Å².